The minimum Gasteiger partial charge on any atom is -0.388 e. The molecule has 1 N–H and O–H groups in total. The summed E-state index contributed by atoms with van der Waals surface area (Å²) in [6.07, 6.45) is 1.45. The molecule has 0 bridgehead atoms. The fourth-order valence-electron chi connectivity index (χ4n) is 3.04. The van der Waals surface area contributed by atoms with E-state index in [1.54, 1.807) is 23.5 Å². The lowest BCUT2D eigenvalue weighted by Gasteiger charge is -2.37. The van der Waals surface area contributed by atoms with E-state index in [1.165, 1.54) is 6.42 Å². The second kappa shape index (κ2) is 7.70. The van der Waals surface area contributed by atoms with E-state index in [0.29, 0.717) is 0 Å². The van der Waals surface area contributed by atoms with Gasteiger partial charge in [-0.05, 0) is 24.9 Å². The number of benzene rings is 2. The van der Waals surface area contributed by atoms with Crippen LogP contribution in [0.1, 0.15) is 13.3 Å². The highest BCUT2D eigenvalue weighted by Crippen LogP contribution is 2.50. The van der Waals surface area contributed by atoms with Gasteiger partial charge in [0.1, 0.15) is 7.14 Å². The fourth-order valence-corrected chi connectivity index (χ4v) is 9.42. The van der Waals surface area contributed by atoms with E-state index in [4.69, 9.17) is 0 Å². The Labute approximate surface area is 152 Å². The van der Waals surface area contributed by atoms with Gasteiger partial charge in [0.25, 0.3) is 0 Å². The van der Waals surface area contributed by atoms with E-state index in [9.17, 15) is 9.67 Å². The van der Waals surface area contributed by atoms with Crippen molar-refractivity contribution in [3.8, 4) is 0 Å². The van der Waals surface area contributed by atoms with Crippen LogP contribution in [0.4, 0.5) is 0 Å². The first-order valence-electron chi connectivity index (χ1n) is 8.18. The molecule has 5 heteroatoms. The van der Waals surface area contributed by atoms with Crippen molar-refractivity contribution in [1.82, 2.24) is 0 Å². The Balaban J connectivity index is 1.98. The minimum atomic E-state index is -2.89. The van der Waals surface area contributed by atoms with E-state index in [2.05, 4.69) is 0 Å². The minimum absolute atomic E-state index is 0.0759. The SMILES string of the molecule is CC(O)(CP(=O)(c1ccccc1)c1ccccc1)C1SCCCS1. The first kappa shape index (κ1) is 18.1. The molecule has 1 saturated heterocycles. The van der Waals surface area contributed by atoms with Crippen molar-refractivity contribution in [2.24, 2.45) is 0 Å². The average molecular weight is 378 g/mol. The monoisotopic (exact) mass is 378 g/mol. The molecule has 0 aliphatic carbocycles. The van der Waals surface area contributed by atoms with Crippen molar-refractivity contribution in [1.29, 1.82) is 0 Å². The topological polar surface area (TPSA) is 37.3 Å². The summed E-state index contributed by atoms with van der Waals surface area (Å²) in [6, 6.07) is 19.2. The van der Waals surface area contributed by atoms with Gasteiger partial charge in [0.2, 0.25) is 0 Å². The Morgan fingerprint density at radius 3 is 1.92 bits per heavy atom. The lowest BCUT2D eigenvalue weighted by Crippen LogP contribution is -2.42. The van der Waals surface area contributed by atoms with Gasteiger partial charge in [-0.15, -0.1) is 23.5 Å². The maximum absolute atomic E-state index is 14.1. The number of thioether (sulfide) groups is 2. The van der Waals surface area contributed by atoms with Crippen LogP contribution in [0.3, 0.4) is 0 Å². The van der Waals surface area contributed by atoms with Gasteiger partial charge in [0.15, 0.2) is 0 Å². The third-order valence-corrected chi connectivity index (χ3v) is 11.1. The summed E-state index contributed by atoms with van der Waals surface area (Å²) in [6.45, 7) is 1.85. The number of hydrogen-bond donors (Lipinski definition) is 1. The average Bonchev–Trinajstić information content (AvgIpc) is 2.63. The molecule has 0 spiro atoms. The van der Waals surface area contributed by atoms with Crippen molar-refractivity contribution in [3.63, 3.8) is 0 Å². The molecule has 0 amide bonds. The van der Waals surface area contributed by atoms with Crippen LogP contribution < -0.4 is 10.6 Å². The number of hydrogen-bond acceptors (Lipinski definition) is 4. The second-order valence-electron chi connectivity index (χ2n) is 6.35. The summed E-state index contributed by atoms with van der Waals surface area (Å²) in [5, 5.41) is 12.8. The zero-order valence-corrected chi connectivity index (χ0v) is 16.3. The first-order valence-corrected chi connectivity index (χ1v) is 12.2. The van der Waals surface area contributed by atoms with Crippen LogP contribution >= 0.6 is 30.7 Å². The van der Waals surface area contributed by atoms with Crippen molar-refractivity contribution < 1.29 is 9.67 Å². The smallest absolute Gasteiger partial charge is 0.146 e. The lowest BCUT2D eigenvalue weighted by atomic mass is 10.2. The number of aliphatic hydroxyl groups is 1. The van der Waals surface area contributed by atoms with E-state index in [0.717, 1.165) is 22.1 Å². The standard InChI is InChI=1S/C19H23O2PS2/c1-19(20,18-23-13-8-14-24-18)15-22(21,16-9-4-2-5-10-16)17-11-6-3-7-12-17/h2-7,9-12,18,20H,8,13-15H2,1H3. The van der Waals surface area contributed by atoms with Crippen LogP contribution in [0.25, 0.3) is 0 Å². The molecule has 2 aromatic carbocycles. The van der Waals surface area contributed by atoms with Crippen LogP contribution in [0.2, 0.25) is 0 Å². The molecule has 2 aromatic rings. The molecule has 1 atom stereocenters. The van der Waals surface area contributed by atoms with Gasteiger partial charge in [0.05, 0.1) is 10.2 Å². The molecule has 128 valence electrons. The van der Waals surface area contributed by atoms with Gasteiger partial charge in [-0.3, -0.25) is 0 Å². The zero-order valence-electron chi connectivity index (χ0n) is 13.8. The van der Waals surface area contributed by atoms with Gasteiger partial charge in [0, 0.05) is 16.8 Å². The Morgan fingerprint density at radius 1 is 1.00 bits per heavy atom. The normalized spacial score (nSPS) is 18.9. The predicted octanol–water partition coefficient (Wildman–Crippen LogP) is 3.95. The molecular weight excluding hydrogens is 355 g/mol. The van der Waals surface area contributed by atoms with Gasteiger partial charge in [-0.25, -0.2) is 0 Å². The molecule has 1 aliphatic heterocycles. The second-order valence-corrected chi connectivity index (χ2v) is 11.9. The van der Waals surface area contributed by atoms with Gasteiger partial charge >= 0.3 is 0 Å². The quantitative estimate of drug-likeness (QED) is 0.800. The summed E-state index contributed by atoms with van der Waals surface area (Å²) in [5.74, 6) is 2.13. The zero-order chi connectivity index (χ0) is 17.0. The van der Waals surface area contributed by atoms with Crippen LogP contribution in [0.5, 0.6) is 0 Å². The Kier molecular flexibility index (Phi) is 5.82. The fraction of sp³-hybridized carbons (Fsp3) is 0.368. The molecule has 0 aromatic heterocycles. The highest BCUT2D eigenvalue weighted by atomic mass is 32.2. The third-order valence-electron chi connectivity index (χ3n) is 4.22. The molecule has 1 heterocycles. The molecule has 1 fully saturated rings. The molecule has 3 rings (SSSR count). The van der Waals surface area contributed by atoms with Crippen LogP contribution in [-0.4, -0.2) is 33.0 Å². The molecule has 0 radical (unpaired) electrons. The summed E-state index contributed by atoms with van der Waals surface area (Å²) in [4.78, 5) is 0. The first-order chi connectivity index (χ1) is 11.5. The highest BCUT2D eigenvalue weighted by Gasteiger charge is 2.42. The van der Waals surface area contributed by atoms with E-state index in [1.807, 2.05) is 67.6 Å². The van der Waals surface area contributed by atoms with Crippen LogP contribution in [-0.2, 0) is 4.57 Å². The van der Waals surface area contributed by atoms with Crippen molar-refractivity contribution in [2.45, 2.75) is 23.5 Å². The van der Waals surface area contributed by atoms with E-state index in [-0.39, 0.29) is 10.7 Å². The Bertz CT molecular complexity index is 654. The third kappa shape index (κ3) is 3.94. The Morgan fingerprint density at radius 2 is 1.46 bits per heavy atom. The molecule has 2 nitrogen and oxygen atoms in total. The van der Waals surface area contributed by atoms with E-state index < -0.39 is 12.7 Å². The van der Waals surface area contributed by atoms with Crippen molar-refractivity contribution in [2.75, 3.05) is 17.7 Å². The number of rotatable bonds is 5. The summed E-state index contributed by atoms with van der Waals surface area (Å²) in [7, 11) is -2.89. The maximum Gasteiger partial charge on any atom is 0.146 e. The van der Waals surface area contributed by atoms with Crippen molar-refractivity contribution >= 4 is 41.3 Å². The molecule has 1 aliphatic rings. The summed E-state index contributed by atoms with van der Waals surface area (Å²) in [5.41, 5.74) is -0.975. The largest absolute Gasteiger partial charge is 0.388 e. The highest BCUT2D eigenvalue weighted by molar-refractivity contribution is 8.17. The summed E-state index contributed by atoms with van der Waals surface area (Å²) < 4.78 is 14.2. The lowest BCUT2D eigenvalue weighted by molar-refractivity contribution is 0.102. The van der Waals surface area contributed by atoms with E-state index >= 15 is 0 Å². The van der Waals surface area contributed by atoms with Crippen LogP contribution in [0, 0.1) is 0 Å². The maximum atomic E-state index is 14.1. The molecule has 24 heavy (non-hydrogen) atoms. The van der Waals surface area contributed by atoms with Gasteiger partial charge < -0.3 is 9.67 Å². The Hall–Kier alpha value is -0.670. The predicted molar refractivity (Wildman–Crippen MR) is 109 cm³/mol. The van der Waals surface area contributed by atoms with Crippen molar-refractivity contribution in [3.05, 3.63) is 60.7 Å². The molecular formula is C19H23O2PS2. The molecule has 0 saturated carbocycles. The van der Waals surface area contributed by atoms with Gasteiger partial charge in [-0.2, -0.15) is 0 Å². The summed E-state index contributed by atoms with van der Waals surface area (Å²) >= 11 is 3.59. The van der Waals surface area contributed by atoms with Crippen LogP contribution in [0.15, 0.2) is 60.7 Å². The molecule has 1 unspecified atom stereocenters. The van der Waals surface area contributed by atoms with Gasteiger partial charge in [-0.1, -0.05) is 60.7 Å².